The zero-order valence-corrected chi connectivity index (χ0v) is 9.07. The van der Waals surface area contributed by atoms with E-state index in [-0.39, 0.29) is 0 Å². The Bertz CT molecular complexity index is 248. The van der Waals surface area contributed by atoms with Gasteiger partial charge in [-0.2, -0.15) is 0 Å². The van der Waals surface area contributed by atoms with Gasteiger partial charge in [-0.1, -0.05) is 0 Å². The lowest BCUT2D eigenvalue weighted by Crippen LogP contribution is -2.35. The van der Waals surface area contributed by atoms with Crippen molar-refractivity contribution >= 4 is 0 Å². The largest absolute Gasteiger partial charge is 0.308 e. The molecule has 14 heavy (non-hydrogen) atoms. The van der Waals surface area contributed by atoms with Gasteiger partial charge in [-0.25, -0.2) is 9.97 Å². The zero-order chi connectivity index (χ0) is 10.4. The van der Waals surface area contributed by atoms with Gasteiger partial charge >= 0.3 is 0 Å². The number of hydrogen-bond donors (Lipinski definition) is 1. The van der Waals surface area contributed by atoms with E-state index in [0.717, 1.165) is 18.8 Å². The number of nitrogens with zero attached hydrogens (tertiary/aromatic N) is 3. The van der Waals surface area contributed by atoms with E-state index in [1.807, 2.05) is 6.07 Å². The van der Waals surface area contributed by atoms with Crippen molar-refractivity contribution in [1.29, 1.82) is 0 Å². The zero-order valence-electron chi connectivity index (χ0n) is 9.07. The standard InChI is InChI=1S/C10H18N4/c1-9(7-14(2)3)12-6-10-4-5-11-8-13-10/h4-5,8-9,12H,6-7H2,1-3H3. The minimum absolute atomic E-state index is 0.472. The molecule has 1 aromatic rings. The summed E-state index contributed by atoms with van der Waals surface area (Å²) < 4.78 is 0. The Morgan fingerprint density at radius 2 is 2.29 bits per heavy atom. The van der Waals surface area contributed by atoms with Crippen molar-refractivity contribution < 1.29 is 0 Å². The van der Waals surface area contributed by atoms with Crippen LogP contribution >= 0.6 is 0 Å². The molecule has 1 N–H and O–H groups in total. The summed E-state index contributed by atoms with van der Waals surface area (Å²) in [6.45, 7) is 4.00. The first kappa shape index (κ1) is 11.1. The van der Waals surface area contributed by atoms with Crippen molar-refractivity contribution in [2.45, 2.75) is 19.5 Å². The SMILES string of the molecule is CC(CN(C)C)NCc1ccncn1. The highest BCUT2D eigenvalue weighted by molar-refractivity contribution is 4.97. The molecular weight excluding hydrogens is 176 g/mol. The predicted octanol–water partition coefficient (Wildman–Crippen LogP) is 0.516. The van der Waals surface area contributed by atoms with E-state index in [1.54, 1.807) is 12.5 Å². The molecule has 4 nitrogen and oxygen atoms in total. The van der Waals surface area contributed by atoms with Crippen LogP contribution in [0.2, 0.25) is 0 Å². The van der Waals surface area contributed by atoms with E-state index >= 15 is 0 Å². The summed E-state index contributed by atoms with van der Waals surface area (Å²) >= 11 is 0. The maximum absolute atomic E-state index is 4.14. The van der Waals surface area contributed by atoms with Gasteiger partial charge in [0.2, 0.25) is 0 Å². The summed E-state index contributed by atoms with van der Waals surface area (Å²) in [4.78, 5) is 10.2. The van der Waals surface area contributed by atoms with Crippen molar-refractivity contribution in [2.75, 3.05) is 20.6 Å². The molecule has 1 aromatic heterocycles. The molecule has 0 aliphatic rings. The monoisotopic (exact) mass is 194 g/mol. The average Bonchev–Trinajstić information content (AvgIpc) is 2.15. The number of aromatic nitrogens is 2. The fraction of sp³-hybridized carbons (Fsp3) is 0.600. The van der Waals surface area contributed by atoms with Gasteiger partial charge in [0.05, 0.1) is 5.69 Å². The van der Waals surface area contributed by atoms with E-state index in [9.17, 15) is 0 Å². The second-order valence-corrected chi connectivity index (χ2v) is 3.74. The van der Waals surface area contributed by atoms with Gasteiger partial charge in [0, 0.05) is 25.3 Å². The average molecular weight is 194 g/mol. The molecule has 1 heterocycles. The molecule has 0 aliphatic carbocycles. The lowest BCUT2D eigenvalue weighted by molar-refractivity contribution is 0.348. The Balaban J connectivity index is 2.27. The number of nitrogens with one attached hydrogen (secondary N) is 1. The van der Waals surface area contributed by atoms with Crippen LogP contribution in [0.5, 0.6) is 0 Å². The smallest absolute Gasteiger partial charge is 0.115 e. The van der Waals surface area contributed by atoms with E-state index in [4.69, 9.17) is 0 Å². The second kappa shape index (κ2) is 5.67. The summed E-state index contributed by atoms with van der Waals surface area (Å²) in [6, 6.07) is 2.40. The molecule has 78 valence electrons. The highest BCUT2D eigenvalue weighted by Gasteiger charge is 2.02. The van der Waals surface area contributed by atoms with Crippen molar-refractivity contribution in [2.24, 2.45) is 0 Å². The summed E-state index contributed by atoms with van der Waals surface area (Å²) in [5, 5.41) is 3.40. The van der Waals surface area contributed by atoms with Crippen molar-refractivity contribution in [3.63, 3.8) is 0 Å². The van der Waals surface area contributed by atoms with Gasteiger partial charge < -0.3 is 10.2 Å². The molecule has 0 aliphatic heterocycles. The van der Waals surface area contributed by atoms with Crippen LogP contribution < -0.4 is 5.32 Å². The van der Waals surface area contributed by atoms with Crippen LogP contribution in [0.1, 0.15) is 12.6 Å². The Morgan fingerprint density at radius 3 is 2.86 bits per heavy atom. The summed E-state index contributed by atoms with van der Waals surface area (Å²) in [6.07, 6.45) is 3.34. The summed E-state index contributed by atoms with van der Waals surface area (Å²) in [5.41, 5.74) is 1.03. The van der Waals surface area contributed by atoms with Crippen molar-refractivity contribution in [1.82, 2.24) is 20.2 Å². The van der Waals surface area contributed by atoms with Crippen LogP contribution in [0.3, 0.4) is 0 Å². The fourth-order valence-corrected chi connectivity index (χ4v) is 1.31. The Morgan fingerprint density at radius 1 is 1.50 bits per heavy atom. The minimum Gasteiger partial charge on any atom is -0.308 e. The van der Waals surface area contributed by atoms with Crippen LogP contribution in [-0.2, 0) is 6.54 Å². The molecule has 1 rings (SSSR count). The minimum atomic E-state index is 0.472. The van der Waals surface area contributed by atoms with Crippen LogP contribution in [0.4, 0.5) is 0 Å². The van der Waals surface area contributed by atoms with Crippen LogP contribution in [0.15, 0.2) is 18.6 Å². The quantitative estimate of drug-likeness (QED) is 0.742. The van der Waals surface area contributed by atoms with Gasteiger partial charge in [0.1, 0.15) is 6.33 Å². The Hall–Kier alpha value is -1.00. The first-order valence-corrected chi connectivity index (χ1v) is 4.81. The molecule has 4 heteroatoms. The van der Waals surface area contributed by atoms with E-state index in [1.165, 1.54) is 0 Å². The molecule has 1 unspecified atom stereocenters. The molecule has 0 radical (unpaired) electrons. The molecule has 1 atom stereocenters. The highest BCUT2D eigenvalue weighted by atomic mass is 15.1. The Kier molecular flexibility index (Phi) is 4.49. The molecule has 0 aromatic carbocycles. The predicted molar refractivity (Wildman–Crippen MR) is 56.9 cm³/mol. The van der Waals surface area contributed by atoms with Gasteiger partial charge in [0.25, 0.3) is 0 Å². The molecule has 0 spiro atoms. The van der Waals surface area contributed by atoms with Gasteiger partial charge in [-0.05, 0) is 27.1 Å². The number of rotatable bonds is 5. The van der Waals surface area contributed by atoms with Gasteiger partial charge in [-0.3, -0.25) is 0 Å². The lowest BCUT2D eigenvalue weighted by Gasteiger charge is -2.17. The molecular formula is C10H18N4. The number of hydrogen-bond acceptors (Lipinski definition) is 4. The third-order valence-corrected chi connectivity index (χ3v) is 1.91. The first-order valence-electron chi connectivity index (χ1n) is 4.81. The first-order chi connectivity index (χ1) is 6.68. The molecule has 0 fully saturated rings. The van der Waals surface area contributed by atoms with Gasteiger partial charge in [-0.15, -0.1) is 0 Å². The summed E-state index contributed by atoms with van der Waals surface area (Å²) in [7, 11) is 4.14. The van der Waals surface area contributed by atoms with Gasteiger partial charge in [0.15, 0.2) is 0 Å². The highest BCUT2D eigenvalue weighted by Crippen LogP contribution is 1.92. The van der Waals surface area contributed by atoms with Crippen molar-refractivity contribution in [3.05, 3.63) is 24.3 Å². The molecule has 0 bridgehead atoms. The van der Waals surface area contributed by atoms with Crippen molar-refractivity contribution in [3.8, 4) is 0 Å². The maximum Gasteiger partial charge on any atom is 0.115 e. The topological polar surface area (TPSA) is 41.0 Å². The third kappa shape index (κ3) is 4.30. The number of likely N-dealkylation sites (N-methyl/N-ethyl adjacent to an activating group) is 1. The summed E-state index contributed by atoms with van der Waals surface area (Å²) in [5.74, 6) is 0. The van der Waals surface area contributed by atoms with E-state index < -0.39 is 0 Å². The lowest BCUT2D eigenvalue weighted by atomic mass is 10.3. The van der Waals surface area contributed by atoms with Crippen LogP contribution in [-0.4, -0.2) is 41.5 Å². The fourth-order valence-electron chi connectivity index (χ4n) is 1.31. The maximum atomic E-state index is 4.14. The third-order valence-electron chi connectivity index (χ3n) is 1.91. The molecule has 0 saturated carbocycles. The second-order valence-electron chi connectivity index (χ2n) is 3.74. The molecule has 0 amide bonds. The normalized spacial score (nSPS) is 13.1. The molecule has 0 saturated heterocycles. The van der Waals surface area contributed by atoms with E-state index in [0.29, 0.717) is 6.04 Å². The van der Waals surface area contributed by atoms with Crippen LogP contribution in [0.25, 0.3) is 0 Å². The van der Waals surface area contributed by atoms with E-state index in [2.05, 4.69) is 41.2 Å². The van der Waals surface area contributed by atoms with Crippen LogP contribution in [0, 0.1) is 0 Å². The Labute approximate surface area is 85.4 Å².